The number of hydrogen-bond donors (Lipinski definition) is 1. The fourth-order valence-electron chi connectivity index (χ4n) is 2.99. The Morgan fingerprint density at radius 3 is 2.68 bits per heavy atom. The molecule has 1 saturated heterocycles. The van der Waals surface area contributed by atoms with Gasteiger partial charge in [0.1, 0.15) is 17.3 Å². The van der Waals surface area contributed by atoms with Gasteiger partial charge in [-0.3, -0.25) is 0 Å². The highest BCUT2D eigenvalue weighted by Crippen LogP contribution is 2.24. The summed E-state index contributed by atoms with van der Waals surface area (Å²) in [6.07, 6.45) is 8.37. The summed E-state index contributed by atoms with van der Waals surface area (Å²) in [7, 11) is 0. The highest BCUT2D eigenvalue weighted by atomic mass is 16.5. The van der Waals surface area contributed by atoms with Gasteiger partial charge < -0.3 is 15.0 Å². The van der Waals surface area contributed by atoms with Crippen LogP contribution in [0, 0.1) is 5.92 Å². The third kappa shape index (κ3) is 4.23. The van der Waals surface area contributed by atoms with E-state index in [2.05, 4.69) is 30.3 Å². The predicted molar refractivity (Wildman–Crippen MR) is 92.9 cm³/mol. The van der Waals surface area contributed by atoms with Crippen LogP contribution in [0.3, 0.4) is 0 Å². The van der Waals surface area contributed by atoms with Crippen molar-refractivity contribution in [2.45, 2.75) is 32.6 Å². The molecule has 2 aliphatic rings. The number of rotatable bonds is 6. The molecule has 0 radical (unpaired) electrons. The van der Waals surface area contributed by atoms with Crippen molar-refractivity contribution in [3.8, 4) is 0 Å². The number of nitrogens with one attached hydrogen (secondary N) is 1. The second-order valence-corrected chi connectivity index (χ2v) is 5.87. The lowest BCUT2D eigenvalue weighted by Gasteiger charge is -2.33. The molecule has 4 heteroatoms. The van der Waals surface area contributed by atoms with E-state index in [4.69, 9.17) is 9.73 Å². The van der Waals surface area contributed by atoms with Crippen LogP contribution in [-0.2, 0) is 4.74 Å². The van der Waals surface area contributed by atoms with Crippen molar-refractivity contribution in [1.82, 2.24) is 10.2 Å². The highest BCUT2D eigenvalue weighted by Gasteiger charge is 2.26. The van der Waals surface area contributed by atoms with E-state index in [9.17, 15) is 0 Å². The summed E-state index contributed by atoms with van der Waals surface area (Å²) in [6.45, 7) is 14.7. The Labute approximate surface area is 134 Å². The van der Waals surface area contributed by atoms with Crippen molar-refractivity contribution in [3.05, 3.63) is 36.8 Å². The molecule has 0 aromatic carbocycles. The molecular formula is C18H29N3O. The molecule has 4 nitrogen and oxygen atoms in total. The second kappa shape index (κ2) is 8.79. The van der Waals surface area contributed by atoms with Crippen molar-refractivity contribution in [3.63, 3.8) is 0 Å². The zero-order chi connectivity index (χ0) is 15.8. The molecule has 0 amide bonds. The topological polar surface area (TPSA) is 36.9 Å². The molecule has 2 aliphatic heterocycles. The molecule has 1 fully saturated rings. The maximum absolute atomic E-state index is 5.95. The monoisotopic (exact) mass is 303 g/mol. The molecule has 1 N–H and O–H groups in total. The van der Waals surface area contributed by atoms with E-state index >= 15 is 0 Å². The lowest BCUT2D eigenvalue weighted by molar-refractivity contribution is 0.188. The molecule has 0 spiro atoms. The van der Waals surface area contributed by atoms with Gasteiger partial charge >= 0.3 is 0 Å². The Kier molecular flexibility index (Phi) is 6.72. The summed E-state index contributed by atoms with van der Waals surface area (Å²) in [6, 6.07) is 0. The van der Waals surface area contributed by atoms with E-state index in [0.717, 1.165) is 44.1 Å². The minimum atomic E-state index is 0.358. The highest BCUT2D eigenvalue weighted by molar-refractivity contribution is 5.86. The number of ether oxygens (including phenoxy) is 1. The van der Waals surface area contributed by atoms with Crippen molar-refractivity contribution in [1.29, 1.82) is 0 Å². The Bertz CT molecular complexity index is 447. The Morgan fingerprint density at radius 2 is 2.05 bits per heavy atom. The Balaban J connectivity index is 2.22. The zero-order valence-electron chi connectivity index (χ0n) is 13.8. The fraction of sp³-hybridized carbons (Fsp3) is 0.611. The van der Waals surface area contributed by atoms with Crippen molar-refractivity contribution < 1.29 is 4.74 Å². The largest absolute Gasteiger partial charge is 0.491 e. The molecule has 2 rings (SSSR count). The van der Waals surface area contributed by atoms with E-state index in [1.54, 1.807) is 12.2 Å². The maximum atomic E-state index is 5.95. The average Bonchev–Trinajstić information content (AvgIpc) is 2.75. The first kappa shape index (κ1) is 16.8. The SMILES string of the molecule is C=CC1=C(C=C)OCC(CCCCC)C(N2CCNCC2)=N1. The van der Waals surface area contributed by atoms with Gasteiger partial charge in [0.25, 0.3) is 0 Å². The van der Waals surface area contributed by atoms with Gasteiger partial charge in [-0.2, -0.15) is 0 Å². The summed E-state index contributed by atoms with van der Waals surface area (Å²) in [4.78, 5) is 7.32. The molecular weight excluding hydrogens is 274 g/mol. The van der Waals surface area contributed by atoms with Gasteiger partial charge in [-0.15, -0.1) is 0 Å². The summed E-state index contributed by atoms with van der Waals surface area (Å²) in [5, 5.41) is 3.41. The van der Waals surface area contributed by atoms with Gasteiger partial charge in [-0.05, 0) is 18.6 Å². The van der Waals surface area contributed by atoms with Crippen LogP contribution in [0.1, 0.15) is 32.6 Å². The lowest BCUT2D eigenvalue weighted by atomic mass is 9.99. The second-order valence-electron chi connectivity index (χ2n) is 5.87. The molecule has 22 heavy (non-hydrogen) atoms. The quantitative estimate of drug-likeness (QED) is 0.766. The first-order chi connectivity index (χ1) is 10.8. The van der Waals surface area contributed by atoms with Crippen LogP contribution in [0.4, 0.5) is 0 Å². The van der Waals surface area contributed by atoms with Gasteiger partial charge in [-0.25, -0.2) is 4.99 Å². The maximum Gasteiger partial charge on any atom is 0.144 e. The van der Waals surface area contributed by atoms with Gasteiger partial charge in [-0.1, -0.05) is 39.3 Å². The minimum absolute atomic E-state index is 0.358. The Morgan fingerprint density at radius 1 is 1.27 bits per heavy atom. The predicted octanol–water partition coefficient (Wildman–Crippen LogP) is 3.10. The smallest absolute Gasteiger partial charge is 0.144 e. The van der Waals surface area contributed by atoms with Crippen molar-refractivity contribution >= 4 is 5.84 Å². The molecule has 2 heterocycles. The lowest BCUT2D eigenvalue weighted by Crippen LogP contribution is -2.49. The summed E-state index contributed by atoms with van der Waals surface area (Å²) in [5.74, 6) is 2.28. The molecule has 0 saturated carbocycles. The van der Waals surface area contributed by atoms with E-state index in [0.29, 0.717) is 12.5 Å². The summed E-state index contributed by atoms with van der Waals surface area (Å²) in [5.41, 5.74) is 0.807. The summed E-state index contributed by atoms with van der Waals surface area (Å²) < 4.78 is 5.95. The van der Waals surface area contributed by atoms with Crippen LogP contribution >= 0.6 is 0 Å². The third-order valence-corrected chi connectivity index (χ3v) is 4.27. The summed E-state index contributed by atoms with van der Waals surface area (Å²) >= 11 is 0. The normalized spacial score (nSPS) is 22.7. The molecule has 0 aromatic heterocycles. The zero-order valence-corrected chi connectivity index (χ0v) is 13.8. The fourth-order valence-corrected chi connectivity index (χ4v) is 2.99. The van der Waals surface area contributed by atoms with Gasteiger partial charge in [0.05, 0.1) is 12.5 Å². The number of allylic oxidation sites excluding steroid dienone is 2. The van der Waals surface area contributed by atoms with Crippen LogP contribution < -0.4 is 5.32 Å². The first-order valence-electron chi connectivity index (χ1n) is 8.46. The number of amidine groups is 1. The Hall–Kier alpha value is -1.55. The van der Waals surface area contributed by atoms with Crippen LogP contribution in [-0.4, -0.2) is 43.5 Å². The number of piperazine rings is 1. The van der Waals surface area contributed by atoms with Gasteiger partial charge in [0, 0.05) is 26.2 Å². The van der Waals surface area contributed by atoms with Gasteiger partial charge in [0.15, 0.2) is 0 Å². The average molecular weight is 303 g/mol. The van der Waals surface area contributed by atoms with Crippen molar-refractivity contribution in [2.75, 3.05) is 32.8 Å². The van der Waals surface area contributed by atoms with Gasteiger partial charge in [0.2, 0.25) is 0 Å². The van der Waals surface area contributed by atoms with Crippen LogP contribution in [0.5, 0.6) is 0 Å². The molecule has 0 aromatic rings. The van der Waals surface area contributed by atoms with E-state index in [1.807, 2.05) is 0 Å². The molecule has 122 valence electrons. The molecule has 0 aliphatic carbocycles. The van der Waals surface area contributed by atoms with E-state index in [1.165, 1.54) is 25.1 Å². The van der Waals surface area contributed by atoms with Crippen LogP contribution in [0.2, 0.25) is 0 Å². The van der Waals surface area contributed by atoms with Crippen LogP contribution in [0.15, 0.2) is 41.8 Å². The van der Waals surface area contributed by atoms with Crippen LogP contribution in [0.25, 0.3) is 0 Å². The number of unbranched alkanes of at least 4 members (excludes halogenated alkanes) is 2. The van der Waals surface area contributed by atoms with E-state index in [-0.39, 0.29) is 0 Å². The minimum Gasteiger partial charge on any atom is -0.491 e. The van der Waals surface area contributed by atoms with Crippen molar-refractivity contribution in [2.24, 2.45) is 10.9 Å². The third-order valence-electron chi connectivity index (χ3n) is 4.27. The first-order valence-corrected chi connectivity index (χ1v) is 8.46. The number of nitrogens with zero attached hydrogens (tertiary/aromatic N) is 2. The standard InChI is InChI=1S/C18H29N3O/c1-4-7-8-9-15-14-22-17(6-3)16(5-2)20-18(15)21-12-10-19-11-13-21/h5-6,15,19H,2-4,7-14H2,1H3. The molecule has 1 unspecified atom stereocenters. The number of aliphatic imine (C=N–C) groups is 1. The van der Waals surface area contributed by atoms with E-state index < -0.39 is 0 Å². The molecule has 1 atom stereocenters. The number of hydrogen-bond acceptors (Lipinski definition) is 4. The molecule has 0 bridgehead atoms.